The third-order valence-electron chi connectivity index (χ3n) is 4.66. The lowest BCUT2D eigenvalue weighted by molar-refractivity contribution is -0.151. The van der Waals surface area contributed by atoms with Gasteiger partial charge in [0.05, 0.1) is 13.0 Å². The van der Waals surface area contributed by atoms with E-state index in [0.717, 1.165) is 12.8 Å². The van der Waals surface area contributed by atoms with Gasteiger partial charge in [-0.15, -0.1) is 0 Å². The van der Waals surface area contributed by atoms with Crippen LogP contribution in [0.1, 0.15) is 37.2 Å². The summed E-state index contributed by atoms with van der Waals surface area (Å²) in [6.07, 6.45) is 2.32. The first-order chi connectivity index (χ1) is 15.4. The number of hydrogen-bond donors (Lipinski definition) is 1. The second-order valence-corrected chi connectivity index (χ2v) is 7.45. The van der Waals surface area contributed by atoms with Crippen molar-refractivity contribution in [1.82, 2.24) is 10.3 Å². The van der Waals surface area contributed by atoms with Gasteiger partial charge in [-0.1, -0.05) is 18.2 Å². The molecule has 1 amide bonds. The summed E-state index contributed by atoms with van der Waals surface area (Å²) in [4.78, 5) is 41.3. The molecular formula is C23H26N2O7. The fraction of sp³-hybridized carbons (Fsp3) is 0.391. The minimum Gasteiger partial charge on any atom is -0.493 e. The quantitative estimate of drug-likeness (QED) is 0.559. The van der Waals surface area contributed by atoms with Crippen molar-refractivity contribution in [1.29, 1.82) is 0 Å². The summed E-state index contributed by atoms with van der Waals surface area (Å²) in [6, 6.07) is 9.66. The topological polar surface area (TPSA) is 113 Å². The number of hydrogen-bond acceptors (Lipinski definition) is 8. The fourth-order valence-corrected chi connectivity index (χ4v) is 2.74. The maximum atomic E-state index is 12.8. The van der Waals surface area contributed by atoms with Gasteiger partial charge in [0.25, 0.3) is 5.91 Å². The molecule has 9 nitrogen and oxygen atoms in total. The molecule has 32 heavy (non-hydrogen) atoms. The van der Waals surface area contributed by atoms with Gasteiger partial charge in [-0.3, -0.25) is 9.59 Å². The first kappa shape index (κ1) is 23.1. The normalized spacial score (nSPS) is 14.6. The molecule has 1 fully saturated rings. The Balaban J connectivity index is 1.58. The summed E-state index contributed by atoms with van der Waals surface area (Å²) < 4.78 is 21.5. The Morgan fingerprint density at radius 2 is 1.84 bits per heavy atom. The highest BCUT2D eigenvalue weighted by molar-refractivity contribution is 5.98. The van der Waals surface area contributed by atoms with Crippen LogP contribution in [0.2, 0.25) is 0 Å². The molecule has 2 atom stereocenters. The number of ether oxygens (including phenoxy) is 4. The Morgan fingerprint density at radius 1 is 1.12 bits per heavy atom. The average molecular weight is 442 g/mol. The predicted octanol–water partition coefficient (Wildman–Crippen LogP) is 2.53. The van der Waals surface area contributed by atoms with Crippen LogP contribution in [0.4, 0.5) is 0 Å². The van der Waals surface area contributed by atoms with Crippen LogP contribution in [0.5, 0.6) is 17.2 Å². The predicted molar refractivity (Wildman–Crippen MR) is 114 cm³/mol. The fourth-order valence-electron chi connectivity index (χ4n) is 2.74. The Hall–Kier alpha value is -3.62. The molecule has 0 spiro atoms. The number of amides is 1. The summed E-state index contributed by atoms with van der Waals surface area (Å²) in [5.74, 6) is -1.17. The molecule has 0 unspecified atom stereocenters. The van der Waals surface area contributed by atoms with Crippen molar-refractivity contribution in [2.75, 3.05) is 13.7 Å². The van der Waals surface area contributed by atoms with E-state index >= 15 is 0 Å². The van der Waals surface area contributed by atoms with Crippen molar-refractivity contribution < 1.29 is 33.3 Å². The molecule has 0 aliphatic heterocycles. The molecule has 1 aliphatic carbocycles. The zero-order valence-electron chi connectivity index (χ0n) is 18.2. The van der Waals surface area contributed by atoms with Gasteiger partial charge in [0.1, 0.15) is 24.5 Å². The minimum absolute atomic E-state index is 0.0744. The zero-order valence-corrected chi connectivity index (χ0v) is 18.2. The van der Waals surface area contributed by atoms with E-state index in [1.54, 1.807) is 19.1 Å². The van der Waals surface area contributed by atoms with Gasteiger partial charge < -0.3 is 24.3 Å². The van der Waals surface area contributed by atoms with Crippen molar-refractivity contribution in [3.63, 3.8) is 0 Å². The number of rotatable bonds is 10. The average Bonchev–Trinajstić information content (AvgIpc) is 3.64. The standard InChI is InChI=1S/C23H26N2O7/c1-14(13-30-17-7-5-4-6-8-17)31-22(27)15(2)25-21(26)19-20(18(29-3)11-12-24-19)32-23(28)16-9-10-16/h4-8,11-12,14-16H,9-10,13H2,1-3H3,(H,25,26)/t14-,15-/m0/s1. The van der Waals surface area contributed by atoms with Crippen LogP contribution >= 0.6 is 0 Å². The van der Waals surface area contributed by atoms with E-state index in [0.29, 0.717) is 5.75 Å². The first-order valence-electron chi connectivity index (χ1n) is 10.3. The highest BCUT2D eigenvalue weighted by Crippen LogP contribution is 2.35. The number of carbonyl (C=O) groups is 3. The molecule has 9 heteroatoms. The zero-order chi connectivity index (χ0) is 23.1. The second kappa shape index (κ2) is 10.6. The summed E-state index contributed by atoms with van der Waals surface area (Å²) in [5, 5.41) is 2.52. The molecule has 1 aromatic carbocycles. The second-order valence-electron chi connectivity index (χ2n) is 7.45. The van der Waals surface area contributed by atoms with Gasteiger partial charge in [-0.2, -0.15) is 0 Å². The summed E-state index contributed by atoms with van der Waals surface area (Å²) in [5.41, 5.74) is -0.154. The molecule has 170 valence electrons. The molecule has 2 aromatic rings. The van der Waals surface area contributed by atoms with Gasteiger partial charge in [-0.25, -0.2) is 9.78 Å². The van der Waals surface area contributed by atoms with Gasteiger partial charge in [0.2, 0.25) is 5.75 Å². The molecule has 0 bridgehead atoms. The van der Waals surface area contributed by atoms with E-state index in [9.17, 15) is 14.4 Å². The minimum atomic E-state index is -0.971. The lowest BCUT2D eigenvalue weighted by Crippen LogP contribution is -2.41. The van der Waals surface area contributed by atoms with E-state index < -0.39 is 30.0 Å². The highest BCUT2D eigenvalue weighted by atomic mass is 16.6. The molecule has 3 rings (SSSR count). The Morgan fingerprint density at radius 3 is 2.50 bits per heavy atom. The summed E-state index contributed by atoms with van der Waals surface area (Å²) in [7, 11) is 1.39. The number of esters is 2. The van der Waals surface area contributed by atoms with Gasteiger partial charge in [0, 0.05) is 12.3 Å². The van der Waals surface area contributed by atoms with Gasteiger partial charge in [-0.05, 0) is 38.8 Å². The van der Waals surface area contributed by atoms with Crippen molar-refractivity contribution in [3.8, 4) is 17.2 Å². The molecule has 0 radical (unpaired) electrons. The molecule has 0 saturated heterocycles. The van der Waals surface area contributed by atoms with Gasteiger partial charge in [0.15, 0.2) is 11.4 Å². The van der Waals surface area contributed by atoms with Crippen LogP contribution in [-0.4, -0.2) is 48.7 Å². The van der Waals surface area contributed by atoms with E-state index in [2.05, 4.69) is 10.3 Å². The lowest BCUT2D eigenvalue weighted by atomic mass is 10.2. The summed E-state index contributed by atoms with van der Waals surface area (Å²) in [6.45, 7) is 3.34. The molecule has 1 heterocycles. The van der Waals surface area contributed by atoms with Crippen LogP contribution < -0.4 is 19.5 Å². The van der Waals surface area contributed by atoms with Crippen LogP contribution in [-0.2, 0) is 14.3 Å². The number of benzene rings is 1. The van der Waals surface area contributed by atoms with E-state index in [1.807, 2.05) is 18.2 Å². The Bertz CT molecular complexity index is 960. The number of pyridine rings is 1. The third kappa shape index (κ3) is 6.19. The SMILES string of the molecule is COc1ccnc(C(=O)N[C@@H](C)C(=O)O[C@@H](C)COc2ccccc2)c1OC(=O)C1CC1. The summed E-state index contributed by atoms with van der Waals surface area (Å²) >= 11 is 0. The van der Waals surface area contributed by atoms with Crippen LogP contribution in [0.15, 0.2) is 42.6 Å². The maximum absolute atomic E-state index is 12.8. The van der Waals surface area contributed by atoms with Crippen molar-refractivity contribution in [2.24, 2.45) is 5.92 Å². The number of methoxy groups -OCH3 is 1. The first-order valence-corrected chi connectivity index (χ1v) is 10.3. The largest absolute Gasteiger partial charge is 0.493 e. The highest BCUT2D eigenvalue weighted by Gasteiger charge is 2.34. The van der Waals surface area contributed by atoms with E-state index in [-0.39, 0.29) is 29.7 Å². The monoisotopic (exact) mass is 442 g/mol. The van der Waals surface area contributed by atoms with Crippen molar-refractivity contribution in [2.45, 2.75) is 38.8 Å². The van der Waals surface area contributed by atoms with Crippen LogP contribution in [0.25, 0.3) is 0 Å². The van der Waals surface area contributed by atoms with Crippen LogP contribution in [0, 0.1) is 5.92 Å². The number of nitrogens with zero attached hydrogens (tertiary/aromatic N) is 1. The van der Waals surface area contributed by atoms with E-state index in [4.69, 9.17) is 18.9 Å². The lowest BCUT2D eigenvalue weighted by Gasteiger charge is -2.19. The van der Waals surface area contributed by atoms with E-state index in [1.165, 1.54) is 26.3 Å². The number of nitrogens with one attached hydrogen (secondary N) is 1. The van der Waals surface area contributed by atoms with Crippen molar-refractivity contribution in [3.05, 3.63) is 48.3 Å². The maximum Gasteiger partial charge on any atom is 0.328 e. The number of aromatic nitrogens is 1. The molecular weight excluding hydrogens is 416 g/mol. The van der Waals surface area contributed by atoms with Crippen molar-refractivity contribution >= 4 is 17.8 Å². The molecule has 1 aliphatic rings. The molecule has 1 aromatic heterocycles. The number of para-hydroxylation sites is 1. The third-order valence-corrected chi connectivity index (χ3v) is 4.66. The molecule has 1 N–H and O–H groups in total. The van der Waals surface area contributed by atoms with Crippen LogP contribution in [0.3, 0.4) is 0 Å². The Kier molecular flexibility index (Phi) is 7.64. The van der Waals surface area contributed by atoms with Gasteiger partial charge >= 0.3 is 11.9 Å². The smallest absolute Gasteiger partial charge is 0.328 e. The Labute approximate surface area is 186 Å². The molecule has 1 saturated carbocycles. The number of carbonyl (C=O) groups excluding carboxylic acids is 3.